The van der Waals surface area contributed by atoms with Crippen LogP contribution >= 0.6 is 0 Å². The molecule has 1 aromatic rings. The van der Waals surface area contributed by atoms with Crippen LogP contribution in [-0.2, 0) is 16.1 Å². The van der Waals surface area contributed by atoms with E-state index in [4.69, 9.17) is 9.84 Å². The van der Waals surface area contributed by atoms with Crippen LogP contribution in [0.4, 0.5) is 4.39 Å². The molecular weight excluding hydrogens is 237 g/mol. The number of carbonyl (C=O) groups excluding carboxylic acids is 1. The Kier molecular flexibility index (Phi) is 3.93. The Morgan fingerprint density at radius 2 is 2.17 bits per heavy atom. The van der Waals surface area contributed by atoms with Gasteiger partial charge < -0.3 is 15.2 Å². The highest BCUT2D eigenvalue weighted by Gasteiger charge is 2.47. The summed E-state index contributed by atoms with van der Waals surface area (Å²) in [6.45, 7) is -0.274. The molecule has 1 aromatic carbocycles. The van der Waals surface area contributed by atoms with Gasteiger partial charge in [-0.1, -0.05) is 30.3 Å². The lowest BCUT2D eigenvalue weighted by atomic mass is 10.0. The fourth-order valence-corrected chi connectivity index (χ4v) is 1.99. The maximum Gasteiger partial charge on any atom is 0.260 e. The first-order valence-corrected chi connectivity index (χ1v) is 5.86. The quantitative estimate of drug-likeness (QED) is 0.815. The van der Waals surface area contributed by atoms with E-state index in [-0.39, 0.29) is 26.2 Å². The number of nitrogens with one attached hydrogen (secondary N) is 1. The molecule has 0 bridgehead atoms. The van der Waals surface area contributed by atoms with Crippen molar-refractivity contribution in [2.45, 2.75) is 24.7 Å². The van der Waals surface area contributed by atoms with Gasteiger partial charge in [0.1, 0.15) is 0 Å². The lowest BCUT2D eigenvalue weighted by molar-refractivity contribution is -0.133. The Labute approximate surface area is 105 Å². The largest absolute Gasteiger partial charge is 0.394 e. The standard InChI is InChI=1S/C13H16FNO3/c14-13(6-11(7-16)15-12(13)17)9-18-8-10-4-2-1-3-5-10/h1-5,11,16H,6-9H2,(H,15,17)/t11-,13-/m0/s1. The number of ether oxygens (including phenoxy) is 1. The zero-order valence-corrected chi connectivity index (χ0v) is 9.93. The van der Waals surface area contributed by atoms with Gasteiger partial charge in [-0.15, -0.1) is 0 Å². The average molecular weight is 253 g/mol. The highest BCUT2D eigenvalue weighted by Crippen LogP contribution is 2.25. The van der Waals surface area contributed by atoms with Gasteiger partial charge in [0, 0.05) is 6.42 Å². The van der Waals surface area contributed by atoms with Gasteiger partial charge >= 0.3 is 0 Å². The molecule has 2 rings (SSSR count). The average Bonchev–Trinajstić information content (AvgIpc) is 2.67. The first kappa shape index (κ1) is 13.0. The van der Waals surface area contributed by atoms with Gasteiger partial charge in [0.25, 0.3) is 5.91 Å². The highest BCUT2D eigenvalue weighted by atomic mass is 19.1. The number of carbonyl (C=O) groups is 1. The number of aliphatic hydroxyl groups excluding tert-OH is 1. The normalized spacial score (nSPS) is 27.2. The molecule has 18 heavy (non-hydrogen) atoms. The first-order valence-electron chi connectivity index (χ1n) is 5.86. The summed E-state index contributed by atoms with van der Waals surface area (Å²) in [4.78, 5) is 11.4. The minimum atomic E-state index is -2.03. The number of hydrogen-bond acceptors (Lipinski definition) is 3. The van der Waals surface area contributed by atoms with Gasteiger partial charge in [0.15, 0.2) is 0 Å². The molecule has 0 unspecified atom stereocenters. The molecule has 0 aromatic heterocycles. The van der Waals surface area contributed by atoms with Crippen molar-refractivity contribution in [2.24, 2.45) is 0 Å². The molecule has 0 saturated carbocycles. The van der Waals surface area contributed by atoms with Crippen LogP contribution in [0.2, 0.25) is 0 Å². The van der Waals surface area contributed by atoms with E-state index in [2.05, 4.69) is 5.32 Å². The van der Waals surface area contributed by atoms with E-state index in [1.165, 1.54) is 0 Å². The summed E-state index contributed by atoms with van der Waals surface area (Å²) in [6, 6.07) is 8.85. The van der Waals surface area contributed by atoms with Gasteiger partial charge in [-0.25, -0.2) is 4.39 Å². The van der Waals surface area contributed by atoms with Crippen molar-refractivity contribution >= 4 is 5.91 Å². The summed E-state index contributed by atoms with van der Waals surface area (Å²) in [7, 11) is 0. The van der Waals surface area contributed by atoms with Crippen molar-refractivity contribution in [3.8, 4) is 0 Å². The summed E-state index contributed by atoms with van der Waals surface area (Å²) < 4.78 is 19.5. The second kappa shape index (κ2) is 5.46. The highest BCUT2D eigenvalue weighted by molar-refractivity contribution is 5.87. The summed E-state index contributed by atoms with van der Waals surface area (Å²) in [6.07, 6.45) is -0.0445. The van der Waals surface area contributed by atoms with E-state index in [0.29, 0.717) is 0 Å². The van der Waals surface area contributed by atoms with E-state index >= 15 is 0 Å². The molecular formula is C13H16FNO3. The third kappa shape index (κ3) is 2.86. The topological polar surface area (TPSA) is 58.6 Å². The van der Waals surface area contributed by atoms with Gasteiger partial charge in [0.2, 0.25) is 5.67 Å². The van der Waals surface area contributed by atoms with Crippen LogP contribution in [0.15, 0.2) is 30.3 Å². The van der Waals surface area contributed by atoms with Crippen LogP contribution in [0.25, 0.3) is 0 Å². The van der Waals surface area contributed by atoms with Gasteiger partial charge in [-0.2, -0.15) is 0 Å². The Morgan fingerprint density at radius 3 is 2.78 bits per heavy atom. The third-order valence-corrected chi connectivity index (χ3v) is 2.97. The number of alkyl halides is 1. The number of hydrogen-bond donors (Lipinski definition) is 2. The molecule has 1 amide bonds. The minimum Gasteiger partial charge on any atom is -0.394 e. The van der Waals surface area contributed by atoms with Crippen LogP contribution < -0.4 is 5.32 Å². The van der Waals surface area contributed by atoms with Gasteiger partial charge in [-0.3, -0.25) is 4.79 Å². The van der Waals surface area contributed by atoms with Crippen LogP contribution in [0.5, 0.6) is 0 Å². The van der Waals surface area contributed by atoms with E-state index in [1.54, 1.807) is 0 Å². The van der Waals surface area contributed by atoms with E-state index in [1.807, 2.05) is 30.3 Å². The molecule has 1 aliphatic rings. The molecule has 4 nitrogen and oxygen atoms in total. The summed E-state index contributed by atoms with van der Waals surface area (Å²) >= 11 is 0. The van der Waals surface area contributed by atoms with Crippen molar-refractivity contribution in [1.82, 2.24) is 5.32 Å². The zero-order chi connectivity index (χ0) is 13.0. The summed E-state index contributed by atoms with van der Waals surface area (Å²) in [5.74, 6) is -0.699. The molecule has 2 atom stereocenters. The molecule has 1 aliphatic heterocycles. The van der Waals surface area contributed by atoms with Crippen molar-refractivity contribution in [3.05, 3.63) is 35.9 Å². The summed E-state index contributed by atoms with van der Waals surface area (Å²) in [5, 5.41) is 11.3. The third-order valence-electron chi connectivity index (χ3n) is 2.97. The Balaban J connectivity index is 1.85. The number of amides is 1. The maximum absolute atomic E-state index is 14.2. The maximum atomic E-state index is 14.2. The zero-order valence-electron chi connectivity index (χ0n) is 9.93. The molecule has 1 fully saturated rings. The lowest BCUT2D eigenvalue weighted by Crippen LogP contribution is -2.38. The molecule has 5 heteroatoms. The van der Waals surface area contributed by atoms with Gasteiger partial charge in [-0.05, 0) is 5.56 Å². The van der Waals surface area contributed by atoms with E-state index in [9.17, 15) is 9.18 Å². The second-order valence-electron chi connectivity index (χ2n) is 4.50. The van der Waals surface area contributed by atoms with Crippen molar-refractivity contribution in [3.63, 3.8) is 0 Å². The lowest BCUT2D eigenvalue weighted by Gasteiger charge is -2.16. The van der Waals surface area contributed by atoms with Crippen molar-refractivity contribution in [1.29, 1.82) is 0 Å². The fraction of sp³-hybridized carbons (Fsp3) is 0.462. The van der Waals surface area contributed by atoms with Crippen LogP contribution in [0, 0.1) is 0 Å². The van der Waals surface area contributed by atoms with Crippen LogP contribution in [0.3, 0.4) is 0 Å². The van der Waals surface area contributed by atoms with Crippen molar-refractivity contribution in [2.75, 3.05) is 13.2 Å². The molecule has 0 aliphatic carbocycles. The van der Waals surface area contributed by atoms with Crippen LogP contribution in [0.1, 0.15) is 12.0 Å². The molecule has 0 spiro atoms. The Hall–Kier alpha value is -1.46. The molecule has 0 radical (unpaired) electrons. The second-order valence-corrected chi connectivity index (χ2v) is 4.50. The molecule has 98 valence electrons. The number of rotatable bonds is 5. The SMILES string of the molecule is O=C1N[C@H](CO)C[C@]1(F)COCc1ccccc1. The monoisotopic (exact) mass is 253 g/mol. The number of halogens is 1. The summed E-state index contributed by atoms with van der Waals surface area (Å²) in [5.41, 5.74) is -1.10. The fourth-order valence-electron chi connectivity index (χ4n) is 1.99. The van der Waals surface area contributed by atoms with Crippen LogP contribution in [-0.4, -0.2) is 35.9 Å². The number of aliphatic hydroxyl groups is 1. The Bertz CT molecular complexity index is 412. The predicted molar refractivity (Wildman–Crippen MR) is 63.6 cm³/mol. The molecule has 1 heterocycles. The van der Waals surface area contributed by atoms with Crippen molar-refractivity contribution < 1.29 is 19.0 Å². The number of benzene rings is 1. The predicted octanol–water partition coefficient (Wildman–Crippen LogP) is 0.792. The Morgan fingerprint density at radius 1 is 1.44 bits per heavy atom. The van der Waals surface area contributed by atoms with E-state index < -0.39 is 17.6 Å². The minimum absolute atomic E-state index is 0.0445. The molecule has 2 N–H and O–H groups in total. The van der Waals surface area contributed by atoms with Gasteiger partial charge in [0.05, 0.1) is 25.9 Å². The smallest absolute Gasteiger partial charge is 0.260 e. The van der Waals surface area contributed by atoms with E-state index in [0.717, 1.165) is 5.56 Å². The first-order chi connectivity index (χ1) is 8.64. The molecule has 1 saturated heterocycles.